The SMILES string of the molecule is CCCCCC/C=C\CCN(C)C(C)C. The maximum Gasteiger partial charge on any atom is 0.00356 e. The Morgan fingerprint density at radius 3 is 2.27 bits per heavy atom. The molecule has 0 fully saturated rings. The molecule has 0 radical (unpaired) electrons. The third-order valence-corrected chi connectivity index (χ3v) is 2.92. The van der Waals surface area contributed by atoms with E-state index in [0.29, 0.717) is 6.04 Å². The Morgan fingerprint density at radius 2 is 1.67 bits per heavy atom. The summed E-state index contributed by atoms with van der Waals surface area (Å²) >= 11 is 0. The van der Waals surface area contributed by atoms with E-state index in [0.717, 1.165) is 0 Å². The van der Waals surface area contributed by atoms with E-state index in [1.165, 1.54) is 45.1 Å². The highest BCUT2D eigenvalue weighted by molar-refractivity contribution is 4.82. The van der Waals surface area contributed by atoms with Crippen molar-refractivity contribution >= 4 is 0 Å². The number of rotatable bonds is 9. The fourth-order valence-corrected chi connectivity index (χ4v) is 1.46. The molecule has 0 rings (SSSR count). The Balaban J connectivity index is 3.24. The van der Waals surface area contributed by atoms with Crippen molar-refractivity contribution in [3.05, 3.63) is 12.2 Å². The summed E-state index contributed by atoms with van der Waals surface area (Å²) in [6.07, 6.45) is 12.6. The molecular formula is C14H29N. The minimum atomic E-state index is 0.669. The van der Waals surface area contributed by atoms with Crippen molar-refractivity contribution in [1.29, 1.82) is 0 Å². The number of unbranched alkanes of at least 4 members (excludes halogenated alkanes) is 4. The smallest absolute Gasteiger partial charge is 0.00356 e. The van der Waals surface area contributed by atoms with Gasteiger partial charge in [-0.2, -0.15) is 0 Å². The summed E-state index contributed by atoms with van der Waals surface area (Å²) in [5.74, 6) is 0. The summed E-state index contributed by atoms with van der Waals surface area (Å²) in [5, 5.41) is 0. The van der Waals surface area contributed by atoms with Gasteiger partial charge in [0.15, 0.2) is 0 Å². The van der Waals surface area contributed by atoms with Crippen LogP contribution in [-0.2, 0) is 0 Å². The molecule has 0 saturated carbocycles. The van der Waals surface area contributed by atoms with Crippen molar-refractivity contribution in [2.45, 2.75) is 65.3 Å². The van der Waals surface area contributed by atoms with E-state index in [-0.39, 0.29) is 0 Å². The highest BCUT2D eigenvalue weighted by atomic mass is 15.1. The number of allylic oxidation sites excluding steroid dienone is 1. The topological polar surface area (TPSA) is 3.24 Å². The molecule has 0 aromatic heterocycles. The summed E-state index contributed by atoms with van der Waals surface area (Å²) in [6.45, 7) is 7.93. The third-order valence-electron chi connectivity index (χ3n) is 2.92. The number of hydrogen-bond acceptors (Lipinski definition) is 1. The first-order valence-electron chi connectivity index (χ1n) is 6.53. The highest BCUT2D eigenvalue weighted by Crippen LogP contribution is 2.03. The fourth-order valence-electron chi connectivity index (χ4n) is 1.46. The third kappa shape index (κ3) is 9.99. The maximum atomic E-state index is 2.39. The van der Waals surface area contributed by atoms with E-state index in [9.17, 15) is 0 Å². The molecule has 0 aliphatic rings. The lowest BCUT2D eigenvalue weighted by molar-refractivity contribution is 0.279. The summed E-state index contributed by atoms with van der Waals surface area (Å²) in [4.78, 5) is 2.39. The predicted molar refractivity (Wildman–Crippen MR) is 70.3 cm³/mol. The van der Waals surface area contributed by atoms with Crippen LogP contribution in [0.2, 0.25) is 0 Å². The first kappa shape index (κ1) is 14.7. The molecule has 90 valence electrons. The summed E-state index contributed by atoms with van der Waals surface area (Å²) in [6, 6.07) is 0.669. The molecule has 0 aromatic carbocycles. The van der Waals surface area contributed by atoms with Crippen LogP contribution in [0.15, 0.2) is 12.2 Å². The van der Waals surface area contributed by atoms with Gasteiger partial charge in [-0.3, -0.25) is 0 Å². The zero-order valence-electron chi connectivity index (χ0n) is 11.1. The van der Waals surface area contributed by atoms with Gasteiger partial charge in [0, 0.05) is 12.6 Å². The Kier molecular flexibility index (Phi) is 10.0. The Labute approximate surface area is 96.6 Å². The van der Waals surface area contributed by atoms with Crippen molar-refractivity contribution < 1.29 is 0 Å². The average Bonchev–Trinajstić information content (AvgIpc) is 2.21. The molecule has 0 saturated heterocycles. The maximum absolute atomic E-state index is 2.39. The number of hydrogen-bond donors (Lipinski definition) is 0. The molecule has 0 atom stereocenters. The van der Waals surface area contributed by atoms with E-state index in [1.54, 1.807) is 0 Å². The van der Waals surface area contributed by atoms with Gasteiger partial charge < -0.3 is 4.90 Å². The van der Waals surface area contributed by atoms with Gasteiger partial charge in [0.2, 0.25) is 0 Å². The van der Waals surface area contributed by atoms with Gasteiger partial charge >= 0.3 is 0 Å². The van der Waals surface area contributed by atoms with Crippen LogP contribution in [0.4, 0.5) is 0 Å². The van der Waals surface area contributed by atoms with Crippen molar-refractivity contribution in [2.24, 2.45) is 0 Å². The van der Waals surface area contributed by atoms with Gasteiger partial charge in [-0.15, -0.1) is 0 Å². The second kappa shape index (κ2) is 10.2. The minimum Gasteiger partial charge on any atom is -0.304 e. The quantitative estimate of drug-likeness (QED) is 0.407. The first-order valence-corrected chi connectivity index (χ1v) is 6.53. The molecule has 0 aliphatic carbocycles. The fraction of sp³-hybridized carbons (Fsp3) is 0.857. The van der Waals surface area contributed by atoms with E-state index in [4.69, 9.17) is 0 Å². The van der Waals surface area contributed by atoms with Gasteiger partial charge in [0.05, 0.1) is 0 Å². The van der Waals surface area contributed by atoms with Crippen molar-refractivity contribution in [1.82, 2.24) is 4.90 Å². The molecule has 0 bridgehead atoms. The predicted octanol–water partition coefficient (Wildman–Crippen LogP) is 4.24. The standard InChI is InChI=1S/C14H29N/c1-5-6-7-8-9-10-11-12-13-15(4)14(2)3/h10-11,14H,5-9,12-13H2,1-4H3/b11-10-. The molecule has 0 spiro atoms. The lowest BCUT2D eigenvalue weighted by Gasteiger charge is -2.19. The molecule has 0 N–H and O–H groups in total. The minimum absolute atomic E-state index is 0.669. The van der Waals surface area contributed by atoms with Gasteiger partial charge in [-0.1, -0.05) is 38.3 Å². The van der Waals surface area contributed by atoms with E-state index in [2.05, 4.69) is 44.9 Å². The molecule has 0 aromatic rings. The van der Waals surface area contributed by atoms with Crippen LogP contribution in [0.5, 0.6) is 0 Å². The molecule has 1 nitrogen and oxygen atoms in total. The van der Waals surface area contributed by atoms with E-state index in [1.807, 2.05) is 0 Å². The van der Waals surface area contributed by atoms with Gasteiger partial charge in [0.1, 0.15) is 0 Å². The van der Waals surface area contributed by atoms with Crippen LogP contribution in [0.1, 0.15) is 59.3 Å². The highest BCUT2D eigenvalue weighted by Gasteiger charge is 1.99. The normalized spacial score (nSPS) is 12.1. The second-order valence-corrected chi connectivity index (χ2v) is 4.68. The lowest BCUT2D eigenvalue weighted by Crippen LogP contribution is -2.26. The Hall–Kier alpha value is -0.300. The zero-order valence-corrected chi connectivity index (χ0v) is 11.1. The average molecular weight is 211 g/mol. The van der Waals surface area contributed by atoms with Gasteiger partial charge in [-0.05, 0) is 40.2 Å². The summed E-state index contributed by atoms with van der Waals surface area (Å²) in [7, 11) is 2.19. The molecule has 0 aliphatic heterocycles. The van der Waals surface area contributed by atoms with Crippen LogP contribution in [0, 0.1) is 0 Å². The first-order chi connectivity index (χ1) is 7.18. The van der Waals surface area contributed by atoms with E-state index >= 15 is 0 Å². The monoisotopic (exact) mass is 211 g/mol. The molecule has 0 heterocycles. The van der Waals surface area contributed by atoms with Crippen molar-refractivity contribution in [3.8, 4) is 0 Å². The zero-order chi connectivity index (χ0) is 11.5. The molecule has 1 heteroatoms. The number of nitrogens with zero attached hydrogens (tertiary/aromatic N) is 1. The Bertz CT molecular complexity index is 149. The Morgan fingerprint density at radius 1 is 1.00 bits per heavy atom. The lowest BCUT2D eigenvalue weighted by atomic mass is 10.1. The van der Waals surface area contributed by atoms with Crippen LogP contribution in [0.3, 0.4) is 0 Å². The second-order valence-electron chi connectivity index (χ2n) is 4.68. The van der Waals surface area contributed by atoms with Gasteiger partial charge in [0.25, 0.3) is 0 Å². The van der Waals surface area contributed by atoms with Gasteiger partial charge in [-0.25, -0.2) is 0 Å². The van der Waals surface area contributed by atoms with Crippen molar-refractivity contribution in [3.63, 3.8) is 0 Å². The largest absolute Gasteiger partial charge is 0.304 e. The molecule has 0 amide bonds. The van der Waals surface area contributed by atoms with Crippen LogP contribution in [0.25, 0.3) is 0 Å². The van der Waals surface area contributed by atoms with Crippen molar-refractivity contribution in [2.75, 3.05) is 13.6 Å². The van der Waals surface area contributed by atoms with Crippen LogP contribution in [-0.4, -0.2) is 24.5 Å². The van der Waals surface area contributed by atoms with Crippen LogP contribution < -0.4 is 0 Å². The molecule has 15 heavy (non-hydrogen) atoms. The van der Waals surface area contributed by atoms with Crippen LogP contribution >= 0.6 is 0 Å². The van der Waals surface area contributed by atoms with E-state index < -0.39 is 0 Å². The molecular weight excluding hydrogens is 182 g/mol. The summed E-state index contributed by atoms with van der Waals surface area (Å²) in [5.41, 5.74) is 0. The summed E-state index contributed by atoms with van der Waals surface area (Å²) < 4.78 is 0. The molecule has 0 unspecified atom stereocenters.